The van der Waals surface area contributed by atoms with Gasteiger partial charge in [0.1, 0.15) is 0 Å². The molecule has 2 atom stereocenters. The molecule has 0 saturated carbocycles. The molecule has 5 nitrogen and oxygen atoms in total. The predicted molar refractivity (Wildman–Crippen MR) is 121 cm³/mol. The third-order valence-corrected chi connectivity index (χ3v) is 6.23. The molecule has 6 heteroatoms. The topological polar surface area (TPSA) is 66.7 Å². The highest BCUT2D eigenvalue weighted by Crippen LogP contribution is 2.31. The van der Waals surface area contributed by atoms with Crippen LogP contribution in [-0.2, 0) is 0 Å². The Balaban J connectivity index is 1.39. The van der Waals surface area contributed by atoms with Crippen LogP contribution in [0.2, 0.25) is 0 Å². The third-order valence-electron chi connectivity index (χ3n) is 5.37. The summed E-state index contributed by atoms with van der Waals surface area (Å²) < 4.78 is 5.91. The van der Waals surface area contributed by atoms with Crippen molar-refractivity contribution in [2.45, 2.75) is 18.9 Å². The number of nitrogens with one attached hydrogen (secondary N) is 2. The maximum absolute atomic E-state index is 5.91. The fourth-order valence-corrected chi connectivity index (χ4v) is 4.41. The van der Waals surface area contributed by atoms with Crippen LogP contribution in [0.5, 0.6) is 0 Å². The number of aromatic nitrogens is 3. The molecular formula is C24H22N4OS. The number of benzene rings is 2. The Morgan fingerprint density at radius 3 is 2.67 bits per heavy atom. The lowest BCUT2D eigenvalue weighted by atomic mass is 9.90. The zero-order valence-corrected chi connectivity index (χ0v) is 17.4. The number of rotatable bonds is 7. The molecule has 150 valence electrons. The molecule has 2 N–H and O–H groups in total. The van der Waals surface area contributed by atoms with Crippen LogP contribution >= 0.6 is 11.3 Å². The van der Waals surface area contributed by atoms with Crippen molar-refractivity contribution in [2.75, 3.05) is 6.54 Å². The van der Waals surface area contributed by atoms with Gasteiger partial charge in [-0.15, -0.1) is 21.5 Å². The van der Waals surface area contributed by atoms with Gasteiger partial charge in [0, 0.05) is 29.6 Å². The van der Waals surface area contributed by atoms with Crippen molar-refractivity contribution in [1.29, 1.82) is 0 Å². The Morgan fingerprint density at radius 1 is 1.00 bits per heavy atom. The molecule has 5 aromatic rings. The van der Waals surface area contributed by atoms with Gasteiger partial charge in [-0.3, -0.25) is 0 Å². The van der Waals surface area contributed by atoms with Crippen molar-refractivity contribution in [1.82, 2.24) is 20.5 Å². The fourth-order valence-electron chi connectivity index (χ4n) is 3.77. The summed E-state index contributed by atoms with van der Waals surface area (Å²) >= 11 is 1.60. The molecule has 30 heavy (non-hydrogen) atoms. The number of aromatic amines is 1. The summed E-state index contributed by atoms with van der Waals surface area (Å²) in [6.07, 6.45) is 2.12. The normalized spacial score (nSPS) is 13.5. The lowest BCUT2D eigenvalue weighted by molar-refractivity contribution is 0.419. The Bertz CT molecular complexity index is 1230. The third kappa shape index (κ3) is 3.67. The summed E-state index contributed by atoms with van der Waals surface area (Å²) in [5.74, 6) is 1.37. The van der Waals surface area contributed by atoms with E-state index in [1.807, 2.05) is 17.5 Å². The maximum Gasteiger partial charge on any atom is 0.257 e. The molecule has 5 rings (SSSR count). The molecule has 0 radical (unpaired) electrons. The van der Waals surface area contributed by atoms with Crippen LogP contribution in [0, 0.1) is 0 Å². The molecule has 3 aromatic heterocycles. The summed E-state index contributed by atoms with van der Waals surface area (Å²) in [5, 5.41) is 15.3. The van der Waals surface area contributed by atoms with E-state index in [9.17, 15) is 0 Å². The lowest BCUT2D eigenvalue weighted by Gasteiger charge is -2.20. The van der Waals surface area contributed by atoms with Crippen LogP contribution in [0.1, 0.15) is 35.9 Å². The highest BCUT2D eigenvalue weighted by Gasteiger charge is 2.21. The molecule has 0 spiro atoms. The van der Waals surface area contributed by atoms with E-state index < -0.39 is 0 Å². The number of thiophene rings is 1. The standard InChI is InChI=1S/C24H22N4OS/c1-16(23-27-28-24(29-23)22-12-7-13-30-22)25-14-19(17-8-3-2-4-9-17)20-15-26-21-11-6-5-10-18(20)21/h2-13,15-16,19,25-26H,14H2,1H3. The monoisotopic (exact) mass is 414 g/mol. The fraction of sp³-hybridized carbons (Fsp3) is 0.167. The largest absolute Gasteiger partial charge is 0.418 e. The molecule has 0 amide bonds. The van der Waals surface area contributed by atoms with Gasteiger partial charge >= 0.3 is 0 Å². The first-order valence-corrected chi connectivity index (χ1v) is 10.9. The summed E-state index contributed by atoms with van der Waals surface area (Å²) in [6, 6.07) is 22.9. The Morgan fingerprint density at radius 2 is 1.83 bits per heavy atom. The van der Waals surface area contributed by atoms with E-state index in [0.29, 0.717) is 11.8 Å². The van der Waals surface area contributed by atoms with Crippen molar-refractivity contribution in [3.05, 3.63) is 95.3 Å². The minimum Gasteiger partial charge on any atom is -0.418 e. The van der Waals surface area contributed by atoms with Crippen LogP contribution < -0.4 is 5.32 Å². The Labute approximate surface area is 178 Å². The summed E-state index contributed by atoms with van der Waals surface area (Å²) in [7, 11) is 0. The zero-order valence-electron chi connectivity index (χ0n) is 16.6. The van der Waals surface area contributed by atoms with Gasteiger partial charge in [-0.1, -0.05) is 54.6 Å². The van der Waals surface area contributed by atoms with Crippen molar-refractivity contribution in [3.63, 3.8) is 0 Å². The molecule has 0 aliphatic heterocycles. The number of nitrogens with zero attached hydrogens (tertiary/aromatic N) is 2. The van der Waals surface area contributed by atoms with Crippen LogP contribution in [0.4, 0.5) is 0 Å². The SMILES string of the molecule is CC(NCC(c1ccccc1)c1c[nH]c2ccccc12)c1nnc(-c2cccs2)o1. The van der Waals surface area contributed by atoms with E-state index in [4.69, 9.17) is 4.42 Å². The van der Waals surface area contributed by atoms with E-state index in [-0.39, 0.29) is 12.0 Å². The molecule has 0 aliphatic rings. The first-order valence-electron chi connectivity index (χ1n) is 10.0. The molecule has 0 fully saturated rings. The Hall–Kier alpha value is -3.22. The Kier molecular flexibility index (Phi) is 5.17. The van der Waals surface area contributed by atoms with Crippen LogP contribution in [0.25, 0.3) is 21.7 Å². The van der Waals surface area contributed by atoms with Gasteiger partial charge < -0.3 is 14.7 Å². The number of hydrogen-bond donors (Lipinski definition) is 2. The number of para-hydroxylation sites is 1. The molecule has 2 unspecified atom stereocenters. The summed E-state index contributed by atoms with van der Waals surface area (Å²) in [4.78, 5) is 4.40. The average Bonchev–Trinajstić information content (AvgIpc) is 3.55. The number of fused-ring (bicyclic) bond motifs is 1. The molecule has 0 bridgehead atoms. The second-order valence-electron chi connectivity index (χ2n) is 7.31. The van der Waals surface area contributed by atoms with Gasteiger partial charge in [0.25, 0.3) is 5.89 Å². The van der Waals surface area contributed by atoms with E-state index in [0.717, 1.165) is 16.9 Å². The molecular weight excluding hydrogens is 392 g/mol. The zero-order chi connectivity index (χ0) is 20.3. The summed E-state index contributed by atoms with van der Waals surface area (Å²) in [6.45, 7) is 2.81. The smallest absolute Gasteiger partial charge is 0.257 e. The van der Waals surface area contributed by atoms with Gasteiger partial charge in [0.15, 0.2) is 0 Å². The van der Waals surface area contributed by atoms with E-state index in [1.165, 1.54) is 16.5 Å². The highest BCUT2D eigenvalue weighted by atomic mass is 32.1. The first kappa shape index (κ1) is 18.8. The number of H-pyrrole nitrogens is 1. The van der Waals surface area contributed by atoms with Gasteiger partial charge in [-0.25, -0.2) is 0 Å². The maximum atomic E-state index is 5.91. The van der Waals surface area contributed by atoms with Crippen LogP contribution in [0.3, 0.4) is 0 Å². The second kappa shape index (κ2) is 8.26. The number of hydrogen-bond acceptors (Lipinski definition) is 5. The average molecular weight is 415 g/mol. The van der Waals surface area contributed by atoms with E-state index in [1.54, 1.807) is 11.3 Å². The van der Waals surface area contributed by atoms with Crippen molar-refractivity contribution in [2.24, 2.45) is 0 Å². The molecule has 3 heterocycles. The van der Waals surface area contributed by atoms with Gasteiger partial charge in [0.05, 0.1) is 10.9 Å². The minimum atomic E-state index is -0.0531. The van der Waals surface area contributed by atoms with E-state index >= 15 is 0 Å². The van der Waals surface area contributed by atoms with Gasteiger partial charge in [-0.2, -0.15) is 0 Å². The molecule has 0 aliphatic carbocycles. The van der Waals surface area contributed by atoms with Crippen molar-refractivity contribution < 1.29 is 4.42 Å². The van der Waals surface area contributed by atoms with Crippen molar-refractivity contribution in [3.8, 4) is 10.8 Å². The van der Waals surface area contributed by atoms with E-state index in [2.05, 4.69) is 88.2 Å². The highest BCUT2D eigenvalue weighted by molar-refractivity contribution is 7.13. The van der Waals surface area contributed by atoms with Crippen molar-refractivity contribution >= 4 is 22.2 Å². The quantitative estimate of drug-likeness (QED) is 0.355. The van der Waals surface area contributed by atoms with Gasteiger partial charge in [-0.05, 0) is 35.6 Å². The first-order chi connectivity index (χ1) is 14.8. The van der Waals surface area contributed by atoms with Crippen LogP contribution in [0.15, 0.2) is 82.7 Å². The lowest BCUT2D eigenvalue weighted by Crippen LogP contribution is -2.25. The molecule has 0 saturated heterocycles. The summed E-state index contributed by atoms with van der Waals surface area (Å²) in [5.41, 5.74) is 3.70. The van der Waals surface area contributed by atoms with Gasteiger partial charge in [0.2, 0.25) is 5.89 Å². The second-order valence-corrected chi connectivity index (χ2v) is 8.25. The predicted octanol–water partition coefficient (Wildman–Crippen LogP) is 5.76. The molecule has 2 aromatic carbocycles. The van der Waals surface area contributed by atoms with Crippen LogP contribution in [-0.4, -0.2) is 21.7 Å². The minimum absolute atomic E-state index is 0.0531.